The van der Waals surface area contributed by atoms with E-state index in [1.54, 1.807) is 0 Å². The van der Waals surface area contributed by atoms with Gasteiger partial charge in [-0.3, -0.25) is 0 Å². The van der Waals surface area contributed by atoms with E-state index in [1.807, 2.05) is 19.1 Å². The van der Waals surface area contributed by atoms with Gasteiger partial charge in [0, 0.05) is 16.9 Å². The molecule has 1 N–H and O–H groups in total. The predicted octanol–water partition coefficient (Wildman–Crippen LogP) is 6.71. The Bertz CT molecular complexity index is 699. The lowest BCUT2D eigenvalue weighted by molar-refractivity contribution is 0.590. The zero-order chi connectivity index (χ0) is 17.0. The van der Waals surface area contributed by atoms with Crippen molar-refractivity contribution in [2.24, 2.45) is 0 Å². The SMILES string of the molecule is C=C(C)CC(=C)c1ccccc1Nc1ccc(C(C)(C)C)cc1. The minimum atomic E-state index is 0.173. The molecule has 0 amide bonds. The highest BCUT2D eigenvalue weighted by Crippen LogP contribution is 2.30. The van der Waals surface area contributed by atoms with Gasteiger partial charge in [-0.15, -0.1) is 0 Å². The highest BCUT2D eigenvalue weighted by Gasteiger charge is 2.13. The first-order valence-electron chi connectivity index (χ1n) is 8.06. The molecule has 120 valence electrons. The van der Waals surface area contributed by atoms with Crippen molar-refractivity contribution in [1.82, 2.24) is 0 Å². The van der Waals surface area contributed by atoms with Crippen molar-refractivity contribution in [1.29, 1.82) is 0 Å². The van der Waals surface area contributed by atoms with Crippen LogP contribution in [0.15, 0.2) is 67.3 Å². The third kappa shape index (κ3) is 4.59. The van der Waals surface area contributed by atoms with Crippen LogP contribution in [0.3, 0.4) is 0 Å². The van der Waals surface area contributed by atoms with E-state index in [1.165, 1.54) is 5.56 Å². The molecule has 2 rings (SSSR count). The molecule has 0 unspecified atom stereocenters. The lowest BCUT2D eigenvalue weighted by atomic mass is 9.87. The number of hydrogen-bond donors (Lipinski definition) is 1. The van der Waals surface area contributed by atoms with Crippen molar-refractivity contribution in [3.63, 3.8) is 0 Å². The minimum Gasteiger partial charge on any atom is -0.355 e. The zero-order valence-electron chi connectivity index (χ0n) is 14.7. The van der Waals surface area contributed by atoms with Crippen LogP contribution in [0, 0.1) is 0 Å². The van der Waals surface area contributed by atoms with Crippen LogP contribution in [-0.4, -0.2) is 0 Å². The van der Waals surface area contributed by atoms with Crippen molar-refractivity contribution in [3.8, 4) is 0 Å². The van der Waals surface area contributed by atoms with Gasteiger partial charge >= 0.3 is 0 Å². The van der Waals surface area contributed by atoms with Gasteiger partial charge in [0.15, 0.2) is 0 Å². The van der Waals surface area contributed by atoms with Gasteiger partial charge in [0.2, 0.25) is 0 Å². The first kappa shape index (κ1) is 17.1. The molecule has 0 radical (unpaired) electrons. The highest BCUT2D eigenvalue weighted by molar-refractivity contribution is 5.79. The van der Waals surface area contributed by atoms with Gasteiger partial charge in [-0.1, -0.05) is 69.8 Å². The first-order chi connectivity index (χ1) is 10.8. The number of para-hydroxylation sites is 1. The third-order valence-electron chi connectivity index (χ3n) is 3.85. The number of hydrogen-bond acceptors (Lipinski definition) is 1. The van der Waals surface area contributed by atoms with Crippen molar-refractivity contribution in [2.75, 3.05) is 5.32 Å². The van der Waals surface area contributed by atoms with E-state index in [0.29, 0.717) is 0 Å². The molecule has 1 heteroatoms. The average molecular weight is 305 g/mol. The van der Waals surface area contributed by atoms with E-state index >= 15 is 0 Å². The fraction of sp³-hybridized carbons (Fsp3) is 0.273. The van der Waals surface area contributed by atoms with Crippen LogP contribution in [0.5, 0.6) is 0 Å². The van der Waals surface area contributed by atoms with E-state index < -0.39 is 0 Å². The summed E-state index contributed by atoms with van der Waals surface area (Å²) in [5.41, 5.74) is 7.05. The van der Waals surface area contributed by atoms with Gasteiger partial charge in [0.05, 0.1) is 0 Å². The Labute approximate surface area is 140 Å². The van der Waals surface area contributed by atoms with Gasteiger partial charge in [0.25, 0.3) is 0 Å². The maximum Gasteiger partial charge on any atom is 0.0460 e. The number of rotatable bonds is 5. The Kier molecular flexibility index (Phi) is 5.10. The molecule has 0 aliphatic rings. The fourth-order valence-corrected chi connectivity index (χ4v) is 2.57. The third-order valence-corrected chi connectivity index (χ3v) is 3.85. The van der Waals surface area contributed by atoms with Crippen LogP contribution < -0.4 is 5.32 Å². The smallest absolute Gasteiger partial charge is 0.0460 e. The molecule has 0 saturated carbocycles. The topological polar surface area (TPSA) is 12.0 Å². The summed E-state index contributed by atoms with van der Waals surface area (Å²) < 4.78 is 0. The number of anilines is 2. The summed E-state index contributed by atoms with van der Waals surface area (Å²) in [7, 11) is 0. The predicted molar refractivity (Wildman–Crippen MR) is 103 cm³/mol. The van der Waals surface area contributed by atoms with Gasteiger partial charge in [-0.05, 0) is 48.1 Å². The molecule has 0 fully saturated rings. The molecule has 23 heavy (non-hydrogen) atoms. The summed E-state index contributed by atoms with van der Waals surface area (Å²) in [4.78, 5) is 0. The standard InChI is InChI=1S/C22H27N/c1-16(2)15-17(3)20-9-7-8-10-21(20)23-19-13-11-18(12-14-19)22(4,5)6/h7-14,23H,1,3,15H2,2,4-6H3. The van der Waals surface area contributed by atoms with Crippen molar-refractivity contribution in [3.05, 3.63) is 78.4 Å². The van der Waals surface area contributed by atoms with Gasteiger partial charge in [-0.2, -0.15) is 0 Å². The molecule has 0 aliphatic carbocycles. The lowest BCUT2D eigenvalue weighted by Crippen LogP contribution is -2.10. The first-order valence-corrected chi connectivity index (χ1v) is 8.06. The zero-order valence-corrected chi connectivity index (χ0v) is 14.7. The Morgan fingerprint density at radius 2 is 1.57 bits per heavy atom. The van der Waals surface area contributed by atoms with Crippen LogP contribution in [0.1, 0.15) is 45.2 Å². The molecule has 0 bridgehead atoms. The second kappa shape index (κ2) is 6.87. The second-order valence-electron chi connectivity index (χ2n) is 7.24. The second-order valence-corrected chi connectivity index (χ2v) is 7.24. The van der Waals surface area contributed by atoms with E-state index in [9.17, 15) is 0 Å². The normalized spacial score (nSPS) is 11.1. The fourth-order valence-electron chi connectivity index (χ4n) is 2.57. The number of benzene rings is 2. The van der Waals surface area contributed by atoms with Gasteiger partial charge in [-0.25, -0.2) is 0 Å². The maximum absolute atomic E-state index is 4.21. The monoisotopic (exact) mass is 305 g/mol. The molecular weight excluding hydrogens is 278 g/mol. The molecule has 0 spiro atoms. The van der Waals surface area contributed by atoms with Crippen LogP contribution >= 0.6 is 0 Å². The summed E-state index contributed by atoms with van der Waals surface area (Å²) in [6.07, 6.45) is 0.821. The van der Waals surface area contributed by atoms with E-state index in [4.69, 9.17) is 0 Å². The molecule has 0 saturated heterocycles. The molecule has 2 aromatic rings. The molecule has 0 aromatic heterocycles. The Morgan fingerprint density at radius 1 is 0.957 bits per heavy atom. The van der Waals surface area contributed by atoms with E-state index in [2.05, 4.69) is 75.6 Å². The Morgan fingerprint density at radius 3 is 2.13 bits per heavy atom. The molecule has 1 nitrogen and oxygen atoms in total. The van der Waals surface area contributed by atoms with Gasteiger partial charge in [0.1, 0.15) is 0 Å². The molecule has 0 aliphatic heterocycles. The summed E-state index contributed by atoms with van der Waals surface area (Å²) >= 11 is 0. The van der Waals surface area contributed by atoms with Crippen LogP contribution in [0.25, 0.3) is 5.57 Å². The maximum atomic E-state index is 4.21. The molecule has 0 heterocycles. The number of allylic oxidation sites excluding steroid dienone is 2. The summed E-state index contributed by atoms with van der Waals surface area (Å²) in [6, 6.07) is 16.9. The van der Waals surface area contributed by atoms with Crippen molar-refractivity contribution < 1.29 is 0 Å². The van der Waals surface area contributed by atoms with Crippen molar-refractivity contribution >= 4 is 16.9 Å². The van der Waals surface area contributed by atoms with Gasteiger partial charge < -0.3 is 5.32 Å². The minimum absolute atomic E-state index is 0.173. The Hall–Kier alpha value is -2.28. The molecule has 0 atom stereocenters. The summed E-state index contributed by atoms with van der Waals surface area (Å²) in [5, 5.41) is 3.51. The molecular formula is C22H27N. The quantitative estimate of drug-likeness (QED) is 0.605. The van der Waals surface area contributed by atoms with Crippen molar-refractivity contribution in [2.45, 2.75) is 39.5 Å². The van der Waals surface area contributed by atoms with E-state index in [-0.39, 0.29) is 5.41 Å². The molecule has 2 aromatic carbocycles. The summed E-state index contributed by atoms with van der Waals surface area (Å²) in [5.74, 6) is 0. The lowest BCUT2D eigenvalue weighted by Gasteiger charge is -2.20. The average Bonchev–Trinajstić information content (AvgIpc) is 2.46. The van der Waals surface area contributed by atoms with Crippen LogP contribution in [0.4, 0.5) is 11.4 Å². The largest absolute Gasteiger partial charge is 0.355 e. The number of nitrogens with one attached hydrogen (secondary N) is 1. The highest BCUT2D eigenvalue weighted by atomic mass is 14.9. The van der Waals surface area contributed by atoms with E-state index in [0.717, 1.165) is 34.5 Å². The summed E-state index contributed by atoms with van der Waals surface area (Å²) in [6.45, 7) is 16.9. The van der Waals surface area contributed by atoms with Crippen LogP contribution in [-0.2, 0) is 5.41 Å². The Balaban J connectivity index is 2.24. The van der Waals surface area contributed by atoms with Crippen LogP contribution in [0.2, 0.25) is 0 Å².